The van der Waals surface area contributed by atoms with Crippen LogP contribution in [0, 0.1) is 11.3 Å². The van der Waals surface area contributed by atoms with Crippen molar-refractivity contribution in [1.29, 1.82) is 5.26 Å². The van der Waals surface area contributed by atoms with Gasteiger partial charge in [-0.3, -0.25) is 0 Å². The quantitative estimate of drug-likeness (QED) is 0.420. The van der Waals surface area contributed by atoms with Crippen LogP contribution >= 0.6 is 0 Å². The molecule has 0 aliphatic heterocycles. The first-order chi connectivity index (χ1) is 8.72. The van der Waals surface area contributed by atoms with Gasteiger partial charge in [-0.2, -0.15) is 5.26 Å². The Bertz CT molecular complexity index is 442. The standard InChI is InChI=1S/C13H20N4O/c1-3-5-6-7-8-12(18)16-13-11(9-14)17(4-2)10-15-13/h10H,3-8H2,1-2H3,(H,16,18)/p-1. The van der Waals surface area contributed by atoms with Gasteiger partial charge < -0.3 is 9.67 Å². The number of aliphatic imine (C=N–C) groups is 1. The molecule has 0 saturated heterocycles. The molecule has 0 unspecified atom stereocenters. The molecule has 0 radical (unpaired) electrons. The van der Waals surface area contributed by atoms with Gasteiger partial charge in [-0.05, 0) is 25.7 Å². The highest BCUT2D eigenvalue weighted by Gasteiger charge is 2.07. The second kappa shape index (κ2) is 7.49. The number of hydrogen-bond donors (Lipinski definition) is 0. The number of unbranched alkanes of at least 4 members (excludes halogenated alkanes) is 3. The summed E-state index contributed by atoms with van der Waals surface area (Å²) >= 11 is 0. The summed E-state index contributed by atoms with van der Waals surface area (Å²) in [5, 5.41) is 20.6. The van der Waals surface area contributed by atoms with E-state index in [4.69, 9.17) is 5.26 Å². The normalized spacial score (nSPS) is 11.5. The van der Waals surface area contributed by atoms with Crippen LogP contribution < -0.4 is 5.11 Å². The number of aromatic nitrogens is 2. The molecule has 1 rings (SSSR count). The van der Waals surface area contributed by atoms with Crippen LogP contribution in [-0.2, 0) is 6.54 Å². The lowest BCUT2D eigenvalue weighted by Gasteiger charge is -2.09. The van der Waals surface area contributed by atoms with E-state index in [1.165, 1.54) is 0 Å². The monoisotopic (exact) mass is 247 g/mol. The molecule has 0 saturated carbocycles. The average molecular weight is 247 g/mol. The van der Waals surface area contributed by atoms with Crippen molar-refractivity contribution >= 4 is 11.7 Å². The maximum atomic E-state index is 11.6. The fourth-order valence-corrected chi connectivity index (χ4v) is 1.68. The van der Waals surface area contributed by atoms with Gasteiger partial charge in [-0.15, -0.1) is 0 Å². The Hall–Kier alpha value is -1.83. The van der Waals surface area contributed by atoms with Gasteiger partial charge in [0, 0.05) is 6.54 Å². The average Bonchev–Trinajstić information content (AvgIpc) is 2.76. The fourth-order valence-electron chi connectivity index (χ4n) is 1.68. The summed E-state index contributed by atoms with van der Waals surface area (Å²) in [6.45, 7) is 4.69. The lowest BCUT2D eigenvalue weighted by molar-refractivity contribution is -0.218. The lowest BCUT2D eigenvalue weighted by atomic mass is 10.1. The van der Waals surface area contributed by atoms with E-state index in [1.807, 2.05) is 13.0 Å². The van der Waals surface area contributed by atoms with Gasteiger partial charge in [0.2, 0.25) is 0 Å². The summed E-state index contributed by atoms with van der Waals surface area (Å²) in [5.41, 5.74) is 0.361. The van der Waals surface area contributed by atoms with Crippen LogP contribution in [-0.4, -0.2) is 15.4 Å². The molecule has 0 aliphatic carbocycles. The number of hydrogen-bond acceptors (Lipinski definition) is 4. The molecule has 0 amide bonds. The van der Waals surface area contributed by atoms with Crippen LogP contribution in [0.4, 0.5) is 5.82 Å². The molecule has 0 fully saturated rings. The van der Waals surface area contributed by atoms with Crippen molar-refractivity contribution in [3.05, 3.63) is 12.0 Å². The Labute approximate surface area is 108 Å². The third-order valence-corrected chi connectivity index (χ3v) is 2.74. The first kappa shape index (κ1) is 14.2. The summed E-state index contributed by atoms with van der Waals surface area (Å²) in [6, 6.07) is 2.03. The summed E-state index contributed by atoms with van der Waals surface area (Å²) < 4.78 is 1.68. The van der Waals surface area contributed by atoms with E-state index in [1.54, 1.807) is 10.9 Å². The van der Waals surface area contributed by atoms with E-state index in [0.29, 0.717) is 18.7 Å². The van der Waals surface area contributed by atoms with Crippen LogP contribution in [0.15, 0.2) is 11.3 Å². The Morgan fingerprint density at radius 3 is 2.83 bits per heavy atom. The van der Waals surface area contributed by atoms with Crippen molar-refractivity contribution in [3.8, 4) is 6.07 Å². The third kappa shape index (κ3) is 3.88. The molecule has 5 nitrogen and oxygen atoms in total. The molecular formula is C13H19N4O-. The van der Waals surface area contributed by atoms with Crippen LogP contribution in [0.2, 0.25) is 0 Å². The Kier molecular flexibility index (Phi) is 5.92. The smallest absolute Gasteiger partial charge is 0.187 e. The largest absolute Gasteiger partial charge is 0.862 e. The molecule has 1 aromatic rings. The molecule has 0 atom stereocenters. The second-order valence-electron chi connectivity index (χ2n) is 4.13. The molecule has 0 spiro atoms. The van der Waals surface area contributed by atoms with Crippen LogP contribution in [0.25, 0.3) is 0 Å². The van der Waals surface area contributed by atoms with Crippen molar-refractivity contribution in [2.75, 3.05) is 0 Å². The highest BCUT2D eigenvalue weighted by Crippen LogP contribution is 2.16. The topological polar surface area (TPSA) is 77.0 Å². The summed E-state index contributed by atoms with van der Waals surface area (Å²) in [5.74, 6) is 0.0591. The molecule has 0 aliphatic rings. The van der Waals surface area contributed by atoms with Gasteiger partial charge in [0.05, 0.1) is 6.33 Å². The predicted molar refractivity (Wildman–Crippen MR) is 68.5 cm³/mol. The van der Waals surface area contributed by atoms with Gasteiger partial charge in [-0.1, -0.05) is 26.2 Å². The maximum Gasteiger partial charge on any atom is 0.187 e. The minimum Gasteiger partial charge on any atom is -0.862 e. The van der Waals surface area contributed by atoms with Gasteiger partial charge in [0.25, 0.3) is 0 Å². The summed E-state index contributed by atoms with van der Waals surface area (Å²) in [7, 11) is 0. The Morgan fingerprint density at radius 1 is 1.44 bits per heavy atom. The Balaban J connectivity index is 2.65. The van der Waals surface area contributed by atoms with Crippen molar-refractivity contribution in [3.63, 3.8) is 0 Å². The van der Waals surface area contributed by atoms with Crippen molar-refractivity contribution in [2.45, 2.75) is 52.5 Å². The van der Waals surface area contributed by atoms with Gasteiger partial charge in [-0.25, -0.2) is 9.98 Å². The number of nitrogens with zero attached hydrogens (tertiary/aromatic N) is 4. The van der Waals surface area contributed by atoms with E-state index in [9.17, 15) is 5.11 Å². The van der Waals surface area contributed by atoms with E-state index in [0.717, 1.165) is 25.7 Å². The number of aryl methyl sites for hydroxylation is 1. The van der Waals surface area contributed by atoms with Crippen LogP contribution in [0.5, 0.6) is 0 Å². The first-order valence-electron chi connectivity index (χ1n) is 6.42. The summed E-state index contributed by atoms with van der Waals surface area (Å²) in [4.78, 5) is 7.90. The third-order valence-electron chi connectivity index (χ3n) is 2.74. The van der Waals surface area contributed by atoms with Crippen molar-refractivity contribution < 1.29 is 5.11 Å². The lowest BCUT2D eigenvalue weighted by Crippen LogP contribution is -2.16. The first-order valence-corrected chi connectivity index (χ1v) is 6.42. The second-order valence-corrected chi connectivity index (χ2v) is 4.13. The summed E-state index contributed by atoms with van der Waals surface area (Å²) in [6.07, 6.45) is 6.16. The van der Waals surface area contributed by atoms with E-state index in [-0.39, 0.29) is 11.7 Å². The Morgan fingerprint density at radius 2 is 2.22 bits per heavy atom. The van der Waals surface area contributed by atoms with Crippen molar-refractivity contribution in [2.24, 2.45) is 4.99 Å². The zero-order chi connectivity index (χ0) is 13.4. The van der Waals surface area contributed by atoms with Gasteiger partial charge >= 0.3 is 0 Å². The zero-order valence-corrected chi connectivity index (χ0v) is 11.0. The molecule has 5 heteroatoms. The molecule has 0 aromatic carbocycles. The number of nitriles is 1. The fraction of sp³-hybridized carbons (Fsp3) is 0.615. The number of imidazole rings is 1. The highest BCUT2D eigenvalue weighted by atomic mass is 16.3. The zero-order valence-electron chi connectivity index (χ0n) is 11.0. The maximum absolute atomic E-state index is 11.6. The minimum atomic E-state index is -0.191. The molecule has 0 bridgehead atoms. The molecule has 98 valence electrons. The molecule has 0 N–H and O–H groups in total. The minimum absolute atomic E-state index is 0.191. The van der Waals surface area contributed by atoms with E-state index < -0.39 is 0 Å². The van der Waals surface area contributed by atoms with E-state index >= 15 is 0 Å². The van der Waals surface area contributed by atoms with Crippen LogP contribution in [0.1, 0.15) is 51.6 Å². The number of rotatable bonds is 7. The van der Waals surface area contributed by atoms with Crippen LogP contribution in [0.3, 0.4) is 0 Å². The molecule has 1 aromatic heterocycles. The molecule has 1 heterocycles. The molecular weight excluding hydrogens is 228 g/mol. The SMILES string of the molecule is CCCCCC/C([O-])=N\c1ncn(CC)c1C#N. The molecule has 18 heavy (non-hydrogen) atoms. The van der Waals surface area contributed by atoms with Crippen molar-refractivity contribution in [1.82, 2.24) is 9.55 Å². The highest BCUT2D eigenvalue weighted by molar-refractivity contribution is 5.75. The predicted octanol–water partition coefficient (Wildman–Crippen LogP) is 2.14. The van der Waals surface area contributed by atoms with Gasteiger partial charge in [0.15, 0.2) is 11.5 Å². The van der Waals surface area contributed by atoms with E-state index in [2.05, 4.69) is 16.9 Å². The van der Waals surface area contributed by atoms with Gasteiger partial charge in [0.1, 0.15) is 6.07 Å².